The molecule has 2 heterocycles. The van der Waals surface area contributed by atoms with E-state index in [-0.39, 0.29) is 17.6 Å². The standard InChI is InChI=1S/C18H24N4O2/c1-18(2)9-14(13-7-5-6-8-15(13)24-18)21-17(23)16(19-3)12-10-20-22(4)11-12/h5-8,10-11,14,16,19H,9H2,1-4H3,(H,21,23). The van der Waals surface area contributed by atoms with Gasteiger partial charge in [0.1, 0.15) is 17.4 Å². The van der Waals surface area contributed by atoms with Crippen molar-refractivity contribution >= 4 is 5.91 Å². The molecule has 2 unspecified atom stereocenters. The molecule has 1 aromatic carbocycles. The molecule has 6 heteroatoms. The Morgan fingerprint density at radius 1 is 1.42 bits per heavy atom. The average molecular weight is 328 g/mol. The van der Waals surface area contributed by atoms with Gasteiger partial charge in [0.2, 0.25) is 5.91 Å². The van der Waals surface area contributed by atoms with E-state index in [1.54, 1.807) is 17.9 Å². The molecule has 0 radical (unpaired) electrons. The molecule has 1 aliphatic rings. The minimum atomic E-state index is -0.434. The SMILES string of the molecule is CNC(C(=O)NC1CC(C)(C)Oc2ccccc21)c1cnn(C)c1. The van der Waals surface area contributed by atoms with E-state index >= 15 is 0 Å². The van der Waals surface area contributed by atoms with Gasteiger partial charge in [-0.1, -0.05) is 18.2 Å². The number of hydrogen-bond donors (Lipinski definition) is 2. The van der Waals surface area contributed by atoms with E-state index in [0.717, 1.165) is 23.3 Å². The Morgan fingerprint density at radius 2 is 2.17 bits per heavy atom. The Bertz CT molecular complexity index is 738. The van der Waals surface area contributed by atoms with Gasteiger partial charge in [-0.05, 0) is 27.0 Å². The number of carbonyl (C=O) groups is 1. The summed E-state index contributed by atoms with van der Waals surface area (Å²) in [7, 11) is 3.62. The van der Waals surface area contributed by atoms with Gasteiger partial charge >= 0.3 is 0 Å². The maximum absolute atomic E-state index is 12.8. The number of aryl methyl sites for hydroxylation is 1. The third kappa shape index (κ3) is 3.28. The molecule has 0 fully saturated rings. The summed E-state index contributed by atoms with van der Waals surface area (Å²) in [5.41, 5.74) is 1.54. The second kappa shape index (κ2) is 6.28. The lowest BCUT2D eigenvalue weighted by molar-refractivity contribution is -0.124. The largest absolute Gasteiger partial charge is 0.487 e. The van der Waals surface area contributed by atoms with Crippen molar-refractivity contribution in [2.75, 3.05) is 7.05 Å². The Kier molecular flexibility index (Phi) is 4.32. The smallest absolute Gasteiger partial charge is 0.242 e. The van der Waals surface area contributed by atoms with Gasteiger partial charge in [0.15, 0.2) is 0 Å². The zero-order valence-electron chi connectivity index (χ0n) is 14.5. The molecule has 1 aromatic heterocycles. The molecule has 0 aliphatic carbocycles. The van der Waals surface area contributed by atoms with Crippen molar-refractivity contribution in [3.8, 4) is 5.75 Å². The number of carbonyl (C=O) groups excluding carboxylic acids is 1. The molecule has 1 aliphatic heterocycles. The quantitative estimate of drug-likeness (QED) is 0.902. The second-order valence-corrected chi connectivity index (χ2v) is 6.83. The molecule has 0 spiro atoms. The van der Waals surface area contributed by atoms with Crippen LogP contribution in [0.15, 0.2) is 36.7 Å². The lowest BCUT2D eigenvalue weighted by Crippen LogP contribution is -2.44. The van der Waals surface area contributed by atoms with Crippen LogP contribution in [0.3, 0.4) is 0 Å². The maximum Gasteiger partial charge on any atom is 0.242 e. The monoisotopic (exact) mass is 328 g/mol. The number of likely N-dealkylation sites (N-methyl/N-ethyl adjacent to an activating group) is 1. The number of aromatic nitrogens is 2. The molecule has 2 N–H and O–H groups in total. The summed E-state index contributed by atoms with van der Waals surface area (Å²) in [6.45, 7) is 4.08. The number of benzene rings is 1. The summed E-state index contributed by atoms with van der Waals surface area (Å²) >= 11 is 0. The zero-order chi connectivity index (χ0) is 17.3. The first-order valence-corrected chi connectivity index (χ1v) is 8.14. The summed E-state index contributed by atoms with van der Waals surface area (Å²) in [5.74, 6) is 0.768. The van der Waals surface area contributed by atoms with Crippen LogP contribution in [-0.4, -0.2) is 28.3 Å². The van der Waals surface area contributed by atoms with E-state index in [2.05, 4.69) is 15.7 Å². The number of nitrogens with one attached hydrogen (secondary N) is 2. The molecule has 2 atom stereocenters. The molecule has 3 rings (SSSR count). The van der Waals surface area contributed by atoms with Crippen LogP contribution >= 0.6 is 0 Å². The fourth-order valence-corrected chi connectivity index (χ4v) is 3.22. The summed E-state index contributed by atoms with van der Waals surface area (Å²) in [6, 6.07) is 7.36. The maximum atomic E-state index is 12.8. The molecule has 128 valence electrons. The van der Waals surface area contributed by atoms with Crippen molar-refractivity contribution in [2.45, 2.75) is 38.0 Å². The van der Waals surface area contributed by atoms with Crippen molar-refractivity contribution in [2.24, 2.45) is 7.05 Å². The number of fused-ring (bicyclic) bond motifs is 1. The van der Waals surface area contributed by atoms with Gasteiger partial charge in [-0.15, -0.1) is 0 Å². The van der Waals surface area contributed by atoms with E-state index in [0.29, 0.717) is 0 Å². The van der Waals surface area contributed by atoms with E-state index < -0.39 is 6.04 Å². The molecule has 0 saturated heterocycles. The van der Waals surface area contributed by atoms with Gasteiger partial charge < -0.3 is 15.4 Å². The molecule has 24 heavy (non-hydrogen) atoms. The number of hydrogen-bond acceptors (Lipinski definition) is 4. The third-order valence-electron chi connectivity index (χ3n) is 4.30. The topological polar surface area (TPSA) is 68.2 Å². The predicted molar refractivity (Wildman–Crippen MR) is 91.7 cm³/mol. The minimum Gasteiger partial charge on any atom is -0.487 e. The fourth-order valence-electron chi connectivity index (χ4n) is 3.22. The summed E-state index contributed by atoms with van der Waals surface area (Å²) in [4.78, 5) is 12.8. The molecule has 6 nitrogen and oxygen atoms in total. The number of rotatable bonds is 4. The Balaban J connectivity index is 1.83. The number of para-hydroxylation sites is 1. The first-order valence-electron chi connectivity index (χ1n) is 8.14. The van der Waals surface area contributed by atoms with E-state index in [9.17, 15) is 4.79 Å². The van der Waals surface area contributed by atoms with Crippen LogP contribution in [0.2, 0.25) is 0 Å². The van der Waals surface area contributed by atoms with Crippen LogP contribution in [0.5, 0.6) is 5.75 Å². The van der Waals surface area contributed by atoms with Crippen LogP contribution in [0, 0.1) is 0 Å². The first-order chi connectivity index (χ1) is 11.4. The van der Waals surface area contributed by atoms with Crippen molar-refractivity contribution in [3.05, 3.63) is 47.8 Å². The normalized spacial score (nSPS) is 19.9. The molecular weight excluding hydrogens is 304 g/mol. The van der Waals surface area contributed by atoms with Gasteiger partial charge in [0, 0.05) is 30.8 Å². The van der Waals surface area contributed by atoms with Crippen LogP contribution in [0.4, 0.5) is 0 Å². The number of ether oxygens (including phenoxy) is 1. The molecule has 0 saturated carbocycles. The molecule has 0 bridgehead atoms. The summed E-state index contributed by atoms with van der Waals surface area (Å²) in [5, 5.41) is 10.4. The van der Waals surface area contributed by atoms with Crippen LogP contribution in [-0.2, 0) is 11.8 Å². The summed E-state index contributed by atoms with van der Waals surface area (Å²) in [6.07, 6.45) is 4.28. The van der Waals surface area contributed by atoms with Crippen molar-refractivity contribution in [1.29, 1.82) is 0 Å². The van der Waals surface area contributed by atoms with Crippen molar-refractivity contribution < 1.29 is 9.53 Å². The summed E-state index contributed by atoms with van der Waals surface area (Å²) < 4.78 is 7.72. The number of nitrogens with zero attached hydrogens (tertiary/aromatic N) is 2. The van der Waals surface area contributed by atoms with E-state index in [1.165, 1.54) is 0 Å². The van der Waals surface area contributed by atoms with Gasteiger partial charge in [-0.2, -0.15) is 5.10 Å². The Morgan fingerprint density at radius 3 is 2.83 bits per heavy atom. The van der Waals surface area contributed by atoms with Gasteiger partial charge in [-0.3, -0.25) is 9.48 Å². The highest BCUT2D eigenvalue weighted by molar-refractivity contribution is 5.83. The lowest BCUT2D eigenvalue weighted by Gasteiger charge is -2.38. The Labute approximate surface area is 142 Å². The van der Waals surface area contributed by atoms with Crippen molar-refractivity contribution in [3.63, 3.8) is 0 Å². The van der Waals surface area contributed by atoms with Crippen LogP contribution in [0.1, 0.15) is 43.5 Å². The van der Waals surface area contributed by atoms with E-state index in [4.69, 9.17) is 4.74 Å². The van der Waals surface area contributed by atoms with Gasteiger partial charge in [0.25, 0.3) is 0 Å². The fraction of sp³-hybridized carbons (Fsp3) is 0.444. The first kappa shape index (κ1) is 16.5. The van der Waals surface area contributed by atoms with E-state index in [1.807, 2.05) is 51.4 Å². The highest BCUT2D eigenvalue weighted by Crippen LogP contribution is 2.39. The second-order valence-electron chi connectivity index (χ2n) is 6.83. The molecule has 2 aromatic rings. The third-order valence-corrected chi connectivity index (χ3v) is 4.30. The predicted octanol–water partition coefficient (Wildman–Crippen LogP) is 2.10. The molecular formula is C18H24N4O2. The van der Waals surface area contributed by atoms with Gasteiger partial charge in [0.05, 0.1) is 12.2 Å². The average Bonchev–Trinajstić information content (AvgIpc) is 2.93. The van der Waals surface area contributed by atoms with Crippen LogP contribution < -0.4 is 15.4 Å². The van der Waals surface area contributed by atoms with Crippen molar-refractivity contribution in [1.82, 2.24) is 20.4 Å². The van der Waals surface area contributed by atoms with Crippen LogP contribution in [0.25, 0.3) is 0 Å². The zero-order valence-corrected chi connectivity index (χ0v) is 14.5. The highest BCUT2D eigenvalue weighted by Gasteiger charge is 2.35. The van der Waals surface area contributed by atoms with Gasteiger partial charge in [-0.25, -0.2) is 0 Å². The molecule has 1 amide bonds. The lowest BCUT2D eigenvalue weighted by atomic mass is 9.89. The number of amides is 1. The Hall–Kier alpha value is -2.34. The minimum absolute atomic E-state index is 0.0667. The highest BCUT2D eigenvalue weighted by atomic mass is 16.5.